The van der Waals surface area contributed by atoms with Crippen LogP contribution in [0.2, 0.25) is 0 Å². The third kappa shape index (κ3) is 40.3. The van der Waals surface area contributed by atoms with Gasteiger partial charge in [0.1, 0.15) is 6.61 Å². The summed E-state index contributed by atoms with van der Waals surface area (Å²) < 4.78 is 32.5. The maximum Gasteiger partial charge on any atom is 0.472 e. The second-order valence-electron chi connectivity index (χ2n) is 12.9. The zero-order valence-electron chi connectivity index (χ0n) is 35.1. The van der Waals surface area contributed by atoms with Crippen LogP contribution in [0.4, 0.5) is 0 Å². The zero-order valence-corrected chi connectivity index (χ0v) is 36.0. The number of allylic oxidation sites excluding steroid dienone is 21. The number of unbranched alkanes of at least 4 members (excludes halogenated alkanes) is 1. The molecule has 0 saturated heterocycles. The van der Waals surface area contributed by atoms with Gasteiger partial charge in [-0.25, -0.2) is 4.57 Å². The number of ether oxygens (including phenoxy) is 2. The van der Waals surface area contributed by atoms with E-state index in [-0.39, 0.29) is 39.0 Å². The van der Waals surface area contributed by atoms with Gasteiger partial charge in [0.15, 0.2) is 6.10 Å². The van der Waals surface area contributed by atoms with E-state index in [1.807, 2.05) is 24.3 Å². The molecule has 0 spiro atoms. The molecule has 324 valence electrons. The summed E-state index contributed by atoms with van der Waals surface area (Å²) in [6.07, 6.45) is 53.9. The molecule has 0 aromatic heterocycles. The van der Waals surface area contributed by atoms with E-state index in [4.69, 9.17) is 24.3 Å². The highest BCUT2D eigenvalue weighted by atomic mass is 31.2. The van der Waals surface area contributed by atoms with Crippen LogP contribution in [-0.4, -0.2) is 60.5 Å². The van der Waals surface area contributed by atoms with Crippen LogP contribution in [-0.2, 0) is 32.7 Å². The average Bonchev–Trinajstić information content (AvgIpc) is 3.21. The molecule has 10 nitrogen and oxygen atoms in total. The number of esters is 2. The molecule has 0 amide bonds. The van der Waals surface area contributed by atoms with E-state index in [1.54, 1.807) is 12.2 Å². The van der Waals surface area contributed by atoms with E-state index in [9.17, 15) is 24.2 Å². The molecular formula is C47H72NO9P. The number of nitrogens with two attached hydrogens (primary N) is 1. The van der Waals surface area contributed by atoms with E-state index in [0.717, 1.165) is 64.2 Å². The van der Waals surface area contributed by atoms with Gasteiger partial charge >= 0.3 is 19.8 Å². The molecule has 2 unspecified atom stereocenters. The van der Waals surface area contributed by atoms with Crippen molar-refractivity contribution < 1.29 is 42.7 Å². The van der Waals surface area contributed by atoms with Crippen LogP contribution in [0.1, 0.15) is 110 Å². The molecule has 4 N–H and O–H groups in total. The molecule has 0 aliphatic carbocycles. The Hall–Kier alpha value is -3.89. The lowest BCUT2D eigenvalue weighted by Crippen LogP contribution is -2.30. The standard InChI is InChI=1S/C47H72NO9P/c1-3-5-7-9-11-13-15-17-19-21-23-25-27-29-31-33-35-37-46(50)54-42-45(43-56-58(52,53)55-41-40-48)57-47(51)39-38-44(49)36-34-32-30-28-26-24-22-20-18-16-14-12-10-8-6-4-2/h5-8,11-14,17-20,23-26,29-32,34,36,44-45,49H,3-4,9-10,15-16,21-22,27-28,33,35,37-43,48H2,1-2H3,(H,52,53)/b7-5-,8-6-,13-11-,14-12-,19-17-,20-18-,25-23-,26-24-,31-29-,32-30-,36-34-/t44?,45-/m1/s1. The second-order valence-corrected chi connectivity index (χ2v) is 14.4. The number of phosphoric acid groups is 1. The van der Waals surface area contributed by atoms with Crippen molar-refractivity contribution in [3.8, 4) is 0 Å². The van der Waals surface area contributed by atoms with Crippen molar-refractivity contribution in [3.05, 3.63) is 134 Å². The third-order valence-corrected chi connectivity index (χ3v) is 8.63. The molecule has 0 aromatic carbocycles. The number of carbonyl (C=O) groups is 2. The summed E-state index contributed by atoms with van der Waals surface area (Å²) >= 11 is 0. The molecule has 0 aliphatic heterocycles. The Morgan fingerprint density at radius 3 is 1.55 bits per heavy atom. The van der Waals surface area contributed by atoms with Crippen molar-refractivity contribution in [3.63, 3.8) is 0 Å². The fourth-order valence-electron chi connectivity index (χ4n) is 4.60. The van der Waals surface area contributed by atoms with Crippen LogP contribution in [0.5, 0.6) is 0 Å². The molecule has 0 heterocycles. The minimum absolute atomic E-state index is 0.00140. The number of aliphatic hydroxyl groups is 1. The van der Waals surface area contributed by atoms with E-state index < -0.39 is 38.6 Å². The van der Waals surface area contributed by atoms with Gasteiger partial charge in [-0.15, -0.1) is 0 Å². The van der Waals surface area contributed by atoms with Gasteiger partial charge in [-0.2, -0.15) is 0 Å². The average molecular weight is 826 g/mol. The van der Waals surface area contributed by atoms with Gasteiger partial charge in [0, 0.05) is 19.4 Å². The first kappa shape index (κ1) is 54.1. The first-order valence-corrected chi connectivity index (χ1v) is 22.3. The topological polar surface area (TPSA) is 155 Å². The summed E-state index contributed by atoms with van der Waals surface area (Å²) in [7, 11) is -4.47. The van der Waals surface area contributed by atoms with Crippen LogP contribution < -0.4 is 5.73 Å². The summed E-state index contributed by atoms with van der Waals surface area (Å²) in [4.78, 5) is 34.8. The van der Waals surface area contributed by atoms with Crippen molar-refractivity contribution in [2.75, 3.05) is 26.4 Å². The molecular weight excluding hydrogens is 753 g/mol. The molecule has 0 bridgehead atoms. The first-order chi connectivity index (χ1) is 28.2. The predicted molar refractivity (Wildman–Crippen MR) is 239 cm³/mol. The zero-order chi connectivity index (χ0) is 42.6. The van der Waals surface area contributed by atoms with Crippen molar-refractivity contribution in [1.82, 2.24) is 0 Å². The maximum atomic E-state index is 12.6. The number of rotatable bonds is 36. The van der Waals surface area contributed by atoms with Crippen LogP contribution >= 0.6 is 7.82 Å². The van der Waals surface area contributed by atoms with E-state index in [1.165, 1.54) is 0 Å². The van der Waals surface area contributed by atoms with Crippen LogP contribution in [0.15, 0.2) is 134 Å². The minimum atomic E-state index is -4.47. The molecule has 58 heavy (non-hydrogen) atoms. The number of carbonyl (C=O) groups excluding carboxylic acids is 2. The van der Waals surface area contributed by atoms with Crippen molar-refractivity contribution in [1.29, 1.82) is 0 Å². The highest BCUT2D eigenvalue weighted by Gasteiger charge is 2.26. The van der Waals surface area contributed by atoms with Gasteiger partial charge in [-0.3, -0.25) is 18.6 Å². The highest BCUT2D eigenvalue weighted by molar-refractivity contribution is 7.47. The molecule has 11 heteroatoms. The van der Waals surface area contributed by atoms with Gasteiger partial charge in [0.05, 0.1) is 19.3 Å². The van der Waals surface area contributed by atoms with Gasteiger partial charge in [-0.1, -0.05) is 148 Å². The van der Waals surface area contributed by atoms with Crippen molar-refractivity contribution >= 4 is 19.8 Å². The maximum absolute atomic E-state index is 12.6. The normalized spacial score (nSPS) is 15.2. The van der Waals surface area contributed by atoms with Crippen molar-refractivity contribution in [2.45, 2.75) is 122 Å². The summed E-state index contributed by atoms with van der Waals surface area (Å²) in [5.41, 5.74) is 5.32. The Labute approximate surface area is 349 Å². The van der Waals surface area contributed by atoms with Gasteiger partial charge < -0.3 is 25.2 Å². The van der Waals surface area contributed by atoms with E-state index in [2.05, 4.69) is 111 Å². The molecule has 0 fully saturated rings. The number of phosphoric ester groups is 1. The van der Waals surface area contributed by atoms with Gasteiger partial charge in [-0.05, 0) is 83.5 Å². The summed E-state index contributed by atoms with van der Waals surface area (Å²) in [6, 6.07) is 0. The Morgan fingerprint density at radius 2 is 1.07 bits per heavy atom. The Bertz CT molecular complexity index is 1420. The fraction of sp³-hybridized carbons (Fsp3) is 0.489. The highest BCUT2D eigenvalue weighted by Crippen LogP contribution is 2.43. The summed E-state index contributed by atoms with van der Waals surface area (Å²) in [5.74, 6) is -1.20. The van der Waals surface area contributed by atoms with E-state index in [0.29, 0.717) is 12.8 Å². The Morgan fingerprint density at radius 1 is 0.603 bits per heavy atom. The van der Waals surface area contributed by atoms with Crippen LogP contribution in [0.3, 0.4) is 0 Å². The number of hydrogen-bond acceptors (Lipinski definition) is 9. The molecule has 0 radical (unpaired) electrons. The molecule has 0 saturated carbocycles. The predicted octanol–water partition coefficient (Wildman–Crippen LogP) is 10.9. The Kier molecular flexibility index (Phi) is 38.5. The minimum Gasteiger partial charge on any atom is -0.462 e. The number of hydrogen-bond donors (Lipinski definition) is 3. The lowest BCUT2D eigenvalue weighted by Gasteiger charge is -2.20. The third-order valence-electron chi connectivity index (χ3n) is 7.65. The SMILES string of the molecule is CC/C=C\C/C=C\C/C=C\C/C=C\C/C=C\C=C/C(O)CCC(=O)O[C@H](COC(=O)CCC/C=C\C/C=C\C/C=C\C/C=C\C/C=C\CC)COP(=O)(O)OCCN. The molecule has 3 atom stereocenters. The first-order valence-electron chi connectivity index (χ1n) is 20.8. The largest absolute Gasteiger partial charge is 0.472 e. The monoisotopic (exact) mass is 825 g/mol. The summed E-state index contributed by atoms with van der Waals surface area (Å²) in [6.45, 7) is 3.11. The lowest BCUT2D eigenvalue weighted by molar-refractivity contribution is -0.161. The second kappa shape index (κ2) is 41.3. The number of aliphatic hydroxyl groups excluding tert-OH is 1. The molecule has 0 aromatic rings. The van der Waals surface area contributed by atoms with E-state index >= 15 is 0 Å². The van der Waals surface area contributed by atoms with Gasteiger partial charge in [0.25, 0.3) is 0 Å². The molecule has 0 aliphatic rings. The van der Waals surface area contributed by atoms with Crippen LogP contribution in [0.25, 0.3) is 0 Å². The van der Waals surface area contributed by atoms with Crippen LogP contribution in [0, 0.1) is 0 Å². The quantitative estimate of drug-likeness (QED) is 0.0183. The summed E-state index contributed by atoms with van der Waals surface area (Å²) in [5, 5.41) is 10.3. The lowest BCUT2D eigenvalue weighted by atomic mass is 10.2. The van der Waals surface area contributed by atoms with Gasteiger partial charge in [0.2, 0.25) is 0 Å². The fourth-order valence-corrected chi connectivity index (χ4v) is 5.37. The van der Waals surface area contributed by atoms with Crippen molar-refractivity contribution in [2.24, 2.45) is 5.73 Å². The Balaban J connectivity index is 4.55. The molecule has 0 rings (SSSR count). The smallest absolute Gasteiger partial charge is 0.462 e.